The second-order valence-corrected chi connectivity index (χ2v) is 5.22. The molecule has 5 heteroatoms. The summed E-state index contributed by atoms with van der Waals surface area (Å²) in [5, 5.41) is 9.50. The average molecular weight is 269 g/mol. The lowest BCUT2D eigenvalue weighted by Crippen LogP contribution is -2.31. The molecule has 98 valence electrons. The summed E-state index contributed by atoms with van der Waals surface area (Å²) in [5.41, 5.74) is 0.0498. The second kappa shape index (κ2) is 5.28. The fourth-order valence-corrected chi connectivity index (χ4v) is 2.42. The van der Waals surface area contributed by atoms with Gasteiger partial charge in [-0.3, -0.25) is 4.79 Å². The zero-order valence-electron chi connectivity index (χ0n) is 10.1. The van der Waals surface area contributed by atoms with Crippen LogP contribution in [0.15, 0.2) is 23.1 Å². The first-order valence-electron chi connectivity index (χ1n) is 5.95. The van der Waals surface area contributed by atoms with E-state index in [0.717, 1.165) is 6.42 Å². The van der Waals surface area contributed by atoms with Crippen molar-refractivity contribution >= 4 is 18.5 Å². The van der Waals surface area contributed by atoms with Crippen molar-refractivity contribution in [3.8, 4) is 0 Å². The molecule has 2 unspecified atom stereocenters. The molecule has 0 aliphatic carbocycles. The number of aliphatic hydroxyl groups excluding tert-OH is 1. The van der Waals surface area contributed by atoms with Crippen LogP contribution in [0.5, 0.6) is 0 Å². The predicted molar refractivity (Wildman–Crippen MR) is 69.3 cm³/mol. The average Bonchev–Trinajstić information content (AvgIpc) is 2.81. The minimum Gasteiger partial charge on any atom is -0.393 e. The number of thiol groups is 1. The van der Waals surface area contributed by atoms with Gasteiger partial charge >= 0.3 is 0 Å². The van der Waals surface area contributed by atoms with E-state index in [1.165, 1.54) is 18.2 Å². The molecular weight excluding hydrogens is 253 g/mol. The molecule has 1 fully saturated rings. The topological polar surface area (TPSA) is 40.5 Å². The molecule has 0 aromatic heterocycles. The number of halogens is 1. The van der Waals surface area contributed by atoms with E-state index in [-0.39, 0.29) is 17.4 Å². The number of rotatable bonds is 2. The third-order valence-corrected chi connectivity index (χ3v) is 3.65. The maximum absolute atomic E-state index is 13.6. The second-order valence-electron chi connectivity index (χ2n) is 4.70. The molecule has 2 atom stereocenters. The molecule has 1 N–H and O–H groups in total. The van der Waals surface area contributed by atoms with Gasteiger partial charge in [-0.15, -0.1) is 12.6 Å². The number of benzene rings is 1. The van der Waals surface area contributed by atoms with Gasteiger partial charge in [0.1, 0.15) is 5.82 Å². The van der Waals surface area contributed by atoms with Crippen molar-refractivity contribution in [2.75, 3.05) is 13.1 Å². The molecule has 1 aromatic carbocycles. The Hall–Kier alpha value is -1.07. The lowest BCUT2D eigenvalue weighted by atomic mass is 10.0. The fraction of sp³-hybridized carbons (Fsp3) is 0.462. The Kier molecular flexibility index (Phi) is 3.92. The maximum Gasteiger partial charge on any atom is 0.256 e. The van der Waals surface area contributed by atoms with Gasteiger partial charge < -0.3 is 10.0 Å². The first-order valence-corrected chi connectivity index (χ1v) is 6.39. The third kappa shape index (κ3) is 2.67. The molecule has 18 heavy (non-hydrogen) atoms. The van der Waals surface area contributed by atoms with Gasteiger partial charge in [-0.05, 0) is 31.5 Å². The molecule has 2 rings (SSSR count). The summed E-state index contributed by atoms with van der Waals surface area (Å²) in [6.45, 7) is 2.75. The summed E-state index contributed by atoms with van der Waals surface area (Å²) >= 11 is 4.11. The van der Waals surface area contributed by atoms with Crippen molar-refractivity contribution in [2.24, 2.45) is 5.92 Å². The van der Waals surface area contributed by atoms with Gasteiger partial charge in [0.15, 0.2) is 0 Å². The lowest BCUT2D eigenvalue weighted by molar-refractivity contribution is 0.0757. The minimum absolute atomic E-state index is 0.0498. The summed E-state index contributed by atoms with van der Waals surface area (Å²) in [4.78, 5) is 14.3. The van der Waals surface area contributed by atoms with Crippen LogP contribution < -0.4 is 0 Å². The highest BCUT2D eigenvalue weighted by molar-refractivity contribution is 7.80. The molecular formula is C13H16FNO2S. The van der Waals surface area contributed by atoms with Crippen LogP contribution in [0.3, 0.4) is 0 Å². The highest BCUT2D eigenvalue weighted by Crippen LogP contribution is 2.23. The third-order valence-electron chi connectivity index (χ3n) is 3.37. The van der Waals surface area contributed by atoms with Gasteiger partial charge in [0.2, 0.25) is 0 Å². The number of carbonyl (C=O) groups excluding carboxylic acids is 1. The Morgan fingerprint density at radius 2 is 2.33 bits per heavy atom. The molecule has 0 spiro atoms. The molecule has 1 aliphatic rings. The zero-order valence-corrected chi connectivity index (χ0v) is 11.0. The molecule has 0 saturated carbocycles. The van der Waals surface area contributed by atoms with Gasteiger partial charge in [-0.25, -0.2) is 4.39 Å². The Balaban J connectivity index is 2.15. The molecule has 1 saturated heterocycles. The largest absolute Gasteiger partial charge is 0.393 e. The first-order chi connectivity index (χ1) is 8.49. The smallest absolute Gasteiger partial charge is 0.256 e. The summed E-state index contributed by atoms with van der Waals surface area (Å²) in [7, 11) is 0. The van der Waals surface area contributed by atoms with E-state index in [1.54, 1.807) is 11.8 Å². The van der Waals surface area contributed by atoms with Gasteiger partial charge in [0.05, 0.1) is 11.7 Å². The quantitative estimate of drug-likeness (QED) is 0.806. The number of aliphatic hydroxyl groups is 1. The van der Waals surface area contributed by atoms with Crippen LogP contribution in [-0.2, 0) is 0 Å². The molecule has 1 aliphatic heterocycles. The Morgan fingerprint density at radius 3 is 2.94 bits per heavy atom. The van der Waals surface area contributed by atoms with Crippen LogP contribution in [0.2, 0.25) is 0 Å². The van der Waals surface area contributed by atoms with Crippen LogP contribution in [0.25, 0.3) is 0 Å². The molecule has 0 radical (unpaired) electrons. The molecule has 0 bridgehead atoms. The zero-order chi connectivity index (χ0) is 13.3. The van der Waals surface area contributed by atoms with Crippen molar-refractivity contribution in [3.63, 3.8) is 0 Å². The van der Waals surface area contributed by atoms with E-state index in [4.69, 9.17) is 0 Å². The van der Waals surface area contributed by atoms with Gasteiger partial charge in [0, 0.05) is 23.9 Å². The van der Waals surface area contributed by atoms with Crippen molar-refractivity contribution in [3.05, 3.63) is 29.6 Å². The standard InChI is InChI=1S/C13H16FNO2S/c1-8(16)9-4-5-15(7-9)13(17)11-6-10(18)2-3-12(11)14/h2-3,6,8-9,16,18H,4-5,7H2,1H3. The number of hydrogen-bond acceptors (Lipinski definition) is 3. The summed E-state index contributed by atoms with van der Waals surface area (Å²) in [6.07, 6.45) is 0.315. The van der Waals surface area contributed by atoms with Crippen molar-refractivity contribution in [1.29, 1.82) is 0 Å². The van der Waals surface area contributed by atoms with E-state index in [9.17, 15) is 14.3 Å². The summed E-state index contributed by atoms with van der Waals surface area (Å²) < 4.78 is 13.6. The van der Waals surface area contributed by atoms with Crippen molar-refractivity contribution in [2.45, 2.75) is 24.3 Å². The van der Waals surface area contributed by atoms with Gasteiger partial charge in [-0.2, -0.15) is 0 Å². The lowest BCUT2D eigenvalue weighted by Gasteiger charge is -2.18. The van der Waals surface area contributed by atoms with Gasteiger partial charge in [-0.1, -0.05) is 0 Å². The van der Waals surface area contributed by atoms with Crippen LogP contribution in [0.4, 0.5) is 4.39 Å². The van der Waals surface area contributed by atoms with E-state index in [2.05, 4.69) is 12.6 Å². The SMILES string of the molecule is CC(O)C1CCN(C(=O)c2cc(S)ccc2F)C1. The van der Waals surface area contributed by atoms with Crippen molar-refractivity contribution in [1.82, 2.24) is 4.90 Å². The number of carbonyl (C=O) groups is 1. The van der Waals surface area contributed by atoms with Crippen LogP contribution >= 0.6 is 12.6 Å². The summed E-state index contributed by atoms with van der Waals surface area (Å²) in [5.74, 6) is -0.777. The number of nitrogens with zero attached hydrogens (tertiary/aromatic N) is 1. The van der Waals surface area contributed by atoms with Crippen LogP contribution in [0, 0.1) is 11.7 Å². The Bertz CT molecular complexity index is 464. The van der Waals surface area contributed by atoms with E-state index >= 15 is 0 Å². The minimum atomic E-state index is -0.529. The van der Waals surface area contributed by atoms with Crippen molar-refractivity contribution < 1.29 is 14.3 Å². The maximum atomic E-state index is 13.6. The van der Waals surface area contributed by atoms with Crippen LogP contribution in [-0.4, -0.2) is 35.1 Å². The Morgan fingerprint density at radius 1 is 1.61 bits per heavy atom. The molecule has 3 nitrogen and oxygen atoms in total. The highest BCUT2D eigenvalue weighted by atomic mass is 32.1. The monoisotopic (exact) mass is 269 g/mol. The van der Waals surface area contributed by atoms with E-state index < -0.39 is 11.9 Å². The first kappa shape index (κ1) is 13.4. The number of hydrogen-bond donors (Lipinski definition) is 2. The highest BCUT2D eigenvalue weighted by Gasteiger charge is 2.30. The van der Waals surface area contributed by atoms with E-state index in [1.807, 2.05) is 0 Å². The van der Waals surface area contributed by atoms with Gasteiger partial charge in [0.25, 0.3) is 5.91 Å². The van der Waals surface area contributed by atoms with Crippen LogP contribution in [0.1, 0.15) is 23.7 Å². The molecule has 1 aromatic rings. The fourth-order valence-electron chi connectivity index (χ4n) is 2.21. The molecule has 1 amide bonds. The number of amides is 1. The molecule has 1 heterocycles. The Labute approximate surface area is 111 Å². The predicted octanol–water partition coefficient (Wildman–Crippen LogP) is 1.96. The summed E-state index contributed by atoms with van der Waals surface area (Å²) in [6, 6.07) is 4.20. The normalized spacial score (nSPS) is 21.1. The number of likely N-dealkylation sites (tertiary alicyclic amines) is 1. The van der Waals surface area contributed by atoms with E-state index in [0.29, 0.717) is 18.0 Å².